The van der Waals surface area contributed by atoms with Crippen molar-refractivity contribution in [1.29, 1.82) is 0 Å². The molecule has 1 aliphatic heterocycles. The van der Waals surface area contributed by atoms with Crippen LogP contribution >= 0.6 is 0 Å². The number of aliphatic hydroxyl groups excluding tert-OH is 1. The van der Waals surface area contributed by atoms with Gasteiger partial charge in [-0.2, -0.15) is 0 Å². The quantitative estimate of drug-likeness (QED) is 0.786. The molecular formula is C14H17NO4S. The number of aliphatic hydroxyl groups is 1. The van der Waals surface area contributed by atoms with E-state index in [1.807, 2.05) is 0 Å². The van der Waals surface area contributed by atoms with Gasteiger partial charge in [-0.25, -0.2) is 13.1 Å². The Labute approximate surface area is 119 Å². The van der Waals surface area contributed by atoms with Gasteiger partial charge in [-0.3, -0.25) is 0 Å². The zero-order valence-corrected chi connectivity index (χ0v) is 11.8. The molecule has 1 heterocycles. The number of nitrogens with one attached hydrogen (secondary N) is 1. The fourth-order valence-electron chi connectivity index (χ4n) is 1.91. The summed E-state index contributed by atoms with van der Waals surface area (Å²) >= 11 is 0. The standard InChI is InChI=1S/C14H17NO4S/c16-8-1-2-12-3-5-14(6-4-12)20(17,18)15-10-13-7-9-19-11-13/h3-6,13,15-16H,7-11H2. The van der Waals surface area contributed by atoms with Crippen LogP contribution in [0.2, 0.25) is 0 Å². The predicted molar refractivity (Wildman–Crippen MR) is 74.5 cm³/mol. The molecule has 20 heavy (non-hydrogen) atoms. The van der Waals surface area contributed by atoms with Gasteiger partial charge in [0.25, 0.3) is 0 Å². The monoisotopic (exact) mass is 295 g/mol. The number of hydrogen-bond donors (Lipinski definition) is 2. The lowest BCUT2D eigenvalue weighted by Crippen LogP contribution is -2.29. The summed E-state index contributed by atoms with van der Waals surface area (Å²) in [6.07, 6.45) is 0.887. The van der Waals surface area contributed by atoms with E-state index in [0.29, 0.717) is 25.3 Å². The van der Waals surface area contributed by atoms with Gasteiger partial charge in [-0.1, -0.05) is 11.8 Å². The molecule has 0 saturated carbocycles. The first-order valence-corrected chi connectivity index (χ1v) is 7.87. The Bertz CT molecular complexity index is 592. The van der Waals surface area contributed by atoms with Crippen LogP contribution in [-0.2, 0) is 14.8 Å². The number of sulfonamides is 1. The zero-order valence-electron chi connectivity index (χ0n) is 11.0. The minimum atomic E-state index is -3.49. The molecule has 0 aromatic heterocycles. The minimum absolute atomic E-state index is 0.214. The number of ether oxygens (including phenoxy) is 1. The van der Waals surface area contributed by atoms with Crippen LogP contribution in [0.3, 0.4) is 0 Å². The van der Waals surface area contributed by atoms with Crippen molar-refractivity contribution in [2.45, 2.75) is 11.3 Å². The van der Waals surface area contributed by atoms with Crippen molar-refractivity contribution in [3.8, 4) is 11.8 Å². The SMILES string of the molecule is O=S(=O)(NCC1CCOC1)c1ccc(C#CCO)cc1. The molecular weight excluding hydrogens is 278 g/mol. The van der Waals surface area contributed by atoms with E-state index in [9.17, 15) is 8.42 Å². The van der Waals surface area contributed by atoms with Crippen molar-refractivity contribution in [3.63, 3.8) is 0 Å². The molecule has 1 aliphatic rings. The first-order chi connectivity index (χ1) is 9.62. The Balaban J connectivity index is 2.01. The minimum Gasteiger partial charge on any atom is -0.384 e. The van der Waals surface area contributed by atoms with E-state index in [1.54, 1.807) is 12.1 Å². The molecule has 2 rings (SSSR count). The van der Waals surface area contributed by atoms with Crippen LogP contribution in [0.5, 0.6) is 0 Å². The van der Waals surface area contributed by atoms with E-state index in [0.717, 1.165) is 6.42 Å². The van der Waals surface area contributed by atoms with Gasteiger partial charge in [-0.05, 0) is 36.6 Å². The van der Waals surface area contributed by atoms with E-state index in [1.165, 1.54) is 12.1 Å². The third kappa shape index (κ3) is 4.05. The summed E-state index contributed by atoms with van der Waals surface area (Å²) in [4.78, 5) is 0.214. The van der Waals surface area contributed by atoms with Gasteiger partial charge in [-0.15, -0.1) is 0 Å². The lowest BCUT2D eigenvalue weighted by molar-refractivity contribution is 0.186. The molecule has 1 saturated heterocycles. The Morgan fingerprint density at radius 1 is 1.35 bits per heavy atom. The molecule has 0 aliphatic carbocycles. The second-order valence-electron chi connectivity index (χ2n) is 4.57. The van der Waals surface area contributed by atoms with Crippen LogP contribution in [0.15, 0.2) is 29.2 Å². The van der Waals surface area contributed by atoms with E-state index < -0.39 is 10.0 Å². The van der Waals surface area contributed by atoms with E-state index >= 15 is 0 Å². The zero-order chi connectivity index (χ0) is 14.4. The second kappa shape index (κ2) is 6.86. The fourth-order valence-corrected chi connectivity index (χ4v) is 3.03. The Morgan fingerprint density at radius 3 is 2.70 bits per heavy atom. The highest BCUT2D eigenvalue weighted by molar-refractivity contribution is 7.89. The summed E-state index contributed by atoms with van der Waals surface area (Å²) < 4.78 is 32.0. The molecule has 5 nitrogen and oxygen atoms in total. The number of rotatable bonds is 4. The van der Waals surface area contributed by atoms with Gasteiger partial charge < -0.3 is 9.84 Å². The molecule has 0 amide bonds. The van der Waals surface area contributed by atoms with Gasteiger partial charge in [0.15, 0.2) is 0 Å². The average molecular weight is 295 g/mol. The highest BCUT2D eigenvalue weighted by Gasteiger charge is 2.20. The third-order valence-electron chi connectivity index (χ3n) is 3.06. The topological polar surface area (TPSA) is 75.6 Å². The predicted octanol–water partition coefficient (Wildman–Crippen LogP) is 0.345. The summed E-state index contributed by atoms with van der Waals surface area (Å²) in [6, 6.07) is 6.26. The van der Waals surface area contributed by atoms with Crippen molar-refractivity contribution in [3.05, 3.63) is 29.8 Å². The van der Waals surface area contributed by atoms with Crippen LogP contribution in [0.4, 0.5) is 0 Å². The summed E-state index contributed by atoms with van der Waals surface area (Å²) in [7, 11) is -3.49. The molecule has 0 spiro atoms. The molecule has 2 N–H and O–H groups in total. The highest BCUT2D eigenvalue weighted by atomic mass is 32.2. The van der Waals surface area contributed by atoms with E-state index in [-0.39, 0.29) is 17.4 Å². The van der Waals surface area contributed by atoms with Crippen molar-refractivity contribution < 1.29 is 18.3 Å². The molecule has 0 bridgehead atoms. The summed E-state index contributed by atoms with van der Waals surface area (Å²) in [6.45, 7) is 1.49. The van der Waals surface area contributed by atoms with Crippen molar-refractivity contribution in [2.24, 2.45) is 5.92 Å². The lowest BCUT2D eigenvalue weighted by Gasteiger charge is -2.10. The van der Waals surface area contributed by atoms with Crippen LogP contribution in [-0.4, -0.2) is 39.9 Å². The van der Waals surface area contributed by atoms with Gasteiger partial charge in [0.1, 0.15) is 6.61 Å². The Morgan fingerprint density at radius 2 is 2.10 bits per heavy atom. The molecule has 6 heteroatoms. The van der Waals surface area contributed by atoms with Crippen LogP contribution in [0, 0.1) is 17.8 Å². The van der Waals surface area contributed by atoms with Crippen LogP contribution < -0.4 is 4.72 Å². The Hall–Kier alpha value is -1.39. The Kier molecular flexibility index (Phi) is 5.15. The maximum atomic E-state index is 12.1. The first-order valence-electron chi connectivity index (χ1n) is 6.39. The highest BCUT2D eigenvalue weighted by Crippen LogP contribution is 2.14. The molecule has 1 aromatic rings. The first kappa shape index (κ1) is 15.0. The number of hydrogen-bond acceptors (Lipinski definition) is 4. The third-order valence-corrected chi connectivity index (χ3v) is 4.50. The maximum absolute atomic E-state index is 12.1. The molecule has 1 aromatic carbocycles. The summed E-state index contributed by atoms with van der Waals surface area (Å²) in [5, 5.41) is 8.60. The maximum Gasteiger partial charge on any atom is 0.240 e. The normalized spacial score (nSPS) is 18.6. The lowest BCUT2D eigenvalue weighted by atomic mass is 10.1. The average Bonchev–Trinajstić information content (AvgIpc) is 2.97. The van der Waals surface area contributed by atoms with Crippen molar-refractivity contribution >= 4 is 10.0 Å². The fraction of sp³-hybridized carbons (Fsp3) is 0.429. The molecule has 108 valence electrons. The van der Waals surface area contributed by atoms with Gasteiger partial charge >= 0.3 is 0 Å². The number of benzene rings is 1. The van der Waals surface area contributed by atoms with Gasteiger partial charge in [0.2, 0.25) is 10.0 Å². The van der Waals surface area contributed by atoms with Gasteiger partial charge in [0.05, 0.1) is 11.5 Å². The largest absolute Gasteiger partial charge is 0.384 e. The van der Waals surface area contributed by atoms with Crippen LogP contribution in [0.25, 0.3) is 0 Å². The summed E-state index contributed by atoms with van der Waals surface area (Å²) in [5.41, 5.74) is 0.669. The van der Waals surface area contributed by atoms with E-state index in [4.69, 9.17) is 9.84 Å². The summed E-state index contributed by atoms with van der Waals surface area (Å²) in [5.74, 6) is 5.48. The van der Waals surface area contributed by atoms with Crippen LogP contribution in [0.1, 0.15) is 12.0 Å². The molecule has 1 atom stereocenters. The second-order valence-corrected chi connectivity index (χ2v) is 6.33. The smallest absolute Gasteiger partial charge is 0.240 e. The molecule has 1 unspecified atom stereocenters. The molecule has 0 radical (unpaired) electrons. The van der Waals surface area contributed by atoms with Crippen molar-refractivity contribution in [1.82, 2.24) is 4.72 Å². The van der Waals surface area contributed by atoms with Gasteiger partial charge in [0, 0.05) is 18.7 Å². The van der Waals surface area contributed by atoms with Crippen molar-refractivity contribution in [2.75, 3.05) is 26.4 Å². The van der Waals surface area contributed by atoms with E-state index in [2.05, 4.69) is 16.6 Å². The molecule has 1 fully saturated rings.